The number of H-pyrrole nitrogens is 1. The maximum atomic E-state index is 13.0. The minimum absolute atomic E-state index is 0.0551. The van der Waals surface area contributed by atoms with Crippen LogP contribution < -0.4 is 5.32 Å². The van der Waals surface area contributed by atoms with Gasteiger partial charge in [-0.1, -0.05) is 38.8 Å². The largest absolute Gasteiger partial charge is 0.379 e. The molecule has 1 aromatic heterocycles. The van der Waals surface area contributed by atoms with Crippen LogP contribution in [0.5, 0.6) is 0 Å². The molecule has 3 aliphatic rings. The van der Waals surface area contributed by atoms with E-state index in [0.29, 0.717) is 16.8 Å². The number of morpholine rings is 1. The van der Waals surface area contributed by atoms with Gasteiger partial charge in [0.15, 0.2) is 0 Å². The van der Waals surface area contributed by atoms with Crippen molar-refractivity contribution in [1.82, 2.24) is 9.88 Å². The average molecular weight is 473 g/mol. The van der Waals surface area contributed by atoms with Gasteiger partial charge >= 0.3 is 0 Å². The van der Waals surface area contributed by atoms with Crippen molar-refractivity contribution in [2.24, 2.45) is 5.41 Å². The third-order valence-electron chi connectivity index (χ3n) is 8.21. The Hall–Kier alpha value is -2.88. The number of hydrogen-bond acceptors (Lipinski definition) is 3. The molecule has 5 rings (SSSR count). The van der Waals surface area contributed by atoms with Crippen LogP contribution in [-0.2, 0) is 10.3 Å². The van der Waals surface area contributed by atoms with Crippen LogP contribution in [-0.4, -0.2) is 42.1 Å². The topological polar surface area (TPSA) is 61.7 Å². The summed E-state index contributed by atoms with van der Waals surface area (Å²) in [5, 5.41) is 3.14. The fourth-order valence-corrected chi connectivity index (χ4v) is 6.04. The number of carbonyl (C=O) groups excluding carboxylic acids is 1. The molecule has 6 heteroatoms. The van der Waals surface area contributed by atoms with Gasteiger partial charge in [-0.05, 0) is 66.9 Å². The van der Waals surface area contributed by atoms with Gasteiger partial charge in [0.1, 0.15) is 0 Å². The van der Waals surface area contributed by atoms with Gasteiger partial charge < -0.3 is 15.0 Å². The van der Waals surface area contributed by atoms with Crippen LogP contribution in [0.3, 0.4) is 0 Å². The Balaban J connectivity index is 1.52. The molecule has 35 heavy (non-hydrogen) atoms. The normalized spacial score (nSPS) is 21.8. The van der Waals surface area contributed by atoms with Crippen molar-refractivity contribution >= 4 is 22.9 Å². The van der Waals surface area contributed by atoms with Crippen molar-refractivity contribution in [1.29, 1.82) is 0 Å². The maximum absolute atomic E-state index is 13.0. The molecule has 1 aliphatic heterocycles. The molecule has 184 valence electrons. The lowest BCUT2D eigenvalue weighted by Crippen LogP contribution is -2.50. The summed E-state index contributed by atoms with van der Waals surface area (Å²) in [4.78, 5) is 22.0. The number of nitrogens with one attached hydrogen (secondary N) is 2. The molecular weight excluding hydrogens is 436 g/mol. The van der Waals surface area contributed by atoms with Gasteiger partial charge in [-0.2, -0.15) is 0 Å². The van der Waals surface area contributed by atoms with E-state index >= 15 is 0 Å². The number of anilines is 1. The van der Waals surface area contributed by atoms with Crippen LogP contribution >= 0.6 is 0 Å². The molecule has 1 saturated carbocycles. The van der Waals surface area contributed by atoms with Gasteiger partial charge in [0, 0.05) is 36.1 Å². The number of rotatable bonds is 5. The molecule has 2 fully saturated rings. The zero-order valence-corrected chi connectivity index (χ0v) is 21.0. The Morgan fingerprint density at radius 1 is 1.14 bits per heavy atom. The van der Waals surface area contributed by atoms with E-state index in [1.165, 1.54) is 36.8 Å². The first-order valence-corrected chi connectivity index (χ1v) is 12.9. The monoisotopic (exact) mass is 472 g/mol. The average Bonchev–Trinajstić information content (AvgIpc) is 3.56. The number of hydrogen-bond donors (Lipinski definition) is 2. The third kappa shape index (κ3) is 4.80. The zero-order chi connectivity index (χ0) is 24.5. The Labute approximate surface area is 208 Å². The van der Waals surface area contributed by atoms with E-state index in [0.717, 1.165) is 56.8 Å². The summed E-state index contributed by atoms with van der Waals surface area (Å²) in [7, 11) is 0. The molecule has 6 nitrogen and oxygen atoms in total. The molecule has 1 aromatic carbocycles. The molecule has 0 unspecified atom stereocenters. The molecule has 0 radical (unpaired) electrons. The molecule has 0 atom stereocenters. The van der Waals surface area contributed by atoms with E-state index in [1.54, 1.807) is 12.3 Å². The number of nitrogens with zero attached hydrogens (tertiary/aromatic N) is 2. The lowest BCUT2D eigenvalue weighted by molar-refractivity contribution is -0.0231. The van der Waals surface area contributed by atoms with Gasteiger partial charge in [-0.25, -0.2) is 4.85 Å². The highest BCUT2D eigenvalue weighted by molar-refractivity contribution is 6.05. The molecule has 2 N–H and O–H groups in total. The van der Waals surface area contributed by atoms with E-state index in [-0.39, 0.29) is 11.4 Å². The van der Waals surface area contributed by atoms with E-state index in [2.05, 4.69) is 58.2 Å². The highest BCUT2D eigenvalue weighted by Crippen LogP contribution is 2.47. The summed E-state index contributed by atoms with van der Waals surface area (Å²) in [6.45, 7) is 15.4. The van der Waals surface area contributed by atoms with E-state index in [9.17, 15) is 4.79 Å². The Morgan fingerprint density at radius 3 is 2.57 bits per heavy atom. The van der Waals surface area contributed by atoms with Gasteiger partial charge in [-0.3, -0.25) is 9.69 Å². The van der Waals surface area contributed by atoms with Gasteiger partial charge in [0.25, 0.3) is 5.91 Å². The number of aromatic nitrogens is 1. The van der Waals surface area contributed by atoms with Crippen molar-refractivity contribution in [3.05, 3.63) is 64.8 Å². The zero-order valence-electron chi connectivity index (χ0n) is 21.0. The second-order valence-electron chi connectivity index (χ2n) is 11.0. The smallest absolute Gasteiger partial charge is 0.270 e. The maximum Gasteiger partial charge on any atom is 0.270 e. The molecule has 1 amide bonds. The van der Waals surface area contributed by atoms with Crippen molar-refractivity contribution < 1.29 is 9.53 Å². The number of allylic oxidation sites excluding steroid dienone is 2. The summed E-state index contributed by atoms with van der Waals surface area (Å²) in [6.07, 6.45) is 12.0. The van der Waals surface area contributed by atoms with Crippen molar-refractivity contribution in [2.75, 3.05) is 31.6 Å². The Bertz CT molecular complexity index is 1160. The highest BCUT2D eigenvalue weighted by Gasteiger charge is 2.42. The first-order valence-electron chi connectivity index (χ1n) is 12.9. The van der Waals surface area contributed by atoms with Gasteiger partial charge in [0.05, 0.1) is 25.5 Å². The van der Waals surface area contributed by atoms with Crippen molar-refractivity contribution in [3.8, 4) is 0 Å². The van der Waals surface area contributed by atoms with Crippen LogP contribution in [0.25, 0.3) is 10.4 Å². The Morgan fingerprint density at radius 2 is 1.91 bits per heavy atom. The number of ether oxygens (including phenoxy) is 1. The second kappa shape index (κ2) is 9.64. The second-order valence-corrected chi connectivity index (χ2v) is 11.0. The minimum Gasteiger partial charge on any atom is -0.379 e. The fourth-order valence-electron chi connectivity index (χ4n) is 6.04. The third-order valence-corrected chi connectivity index (χ3v) is 8.21. The molecule has 2 aliphatic carbocycles. The van der Waals surface area contributed by atoms with E-state index in [4.69, 9.17) is 11.3 Å². The number of aromatic amines is 1. The highest BCUT2D eigenvalue weighted by atomic mass is 16.5. The number of carbonyl (C=O) groups is 1. The summed E-state index contributed by atoms with van der Waals surface area (Å²) >= 11 is 0. The van der Waals surface area contributed by atoms with Crippen LogP contribution in [0.2, 0.25) is 0 Å². The molecule has 1 saturated heterocycles. The molecule has 2 aromatic rings. The lowest BCUT2D eigenvalue weighted by Gasteiger charge is -2.44. The standard InChI is InChI=1S/C29H36N4O2/c1-28(2)12-8-21(9-13-28)24-18-22(29(10-4-5-11-29)33-14-16-35-17-15-33)6-7-25(24)32-27(34)26-19-23(30-3)20-31-26/h6-8,18-20,31H,4-5,9-17H2,1-2H3,(H,32,34). The molecule has 0 bridgehead atoms. The SMILES string of the molecule is [C-]#[N+]c1c[nH]c(C(=O)Nc2ccc(C3(N4CCOCC4)CCCC3)cc2C2=CCC(C)(C)CC2)c1. The minimum atomic E-state index is -0.214. The number of benzene rings is 1. The molecule has 2 heterocycles. The molecular formula is C29H36N4O2. The van der Waals surface area contributed by atoms with Crippen LogP contribution in [0.1, 0.15) is 80.4 Å². The summed E-state index contributed by atoms with van der Waals surface area (Å²) in [5.74, 6) is -0.214. The fraction of sp³-hybridized carbons (Fsp3) is 0.517. The van der Waals surface area contributed by atoms with E-state index < -0.39 is 0 Å². The predicted molar refractivity (Wildman–Crippen MR) is 140 cm³/mol. The van der Waals surface area contributed by atoms with Gasteiger partial charge in [0.2, 0.25) is 5.69 Å². The number of amides is 1. The summed E-state index contributed by atoms with van der Waals surface area (Å²) < 4.78 is 5.67. The summed E-state index contributed by atoms with van der Waals surface area (Å²) in [5.41, 5.74) is 5.89. The summed E-state index contributed by atoms with van der Waals surface area (Å²) in [6, 6.07) is 8.29. The van der Waals surface area contributed by atoms with Crippen molar-refractivity contribution in [2.45, 2.75) is 64.3 Å². The van der Waals surface area contributed by atoms with E-state index in [1.807, 2.05) is 0 Å². The first-order chi connectivity index (χ1) is 16.9. The Kier molecular flexibility index (Phi) is 6.57. The lowest BCUT2D eigenvalue weighted by atomic mass is 9.76. The van der Waals surface area contributed by atoms with Crippen molar-refractivity contribution in [3.63, 3.8) is 0 Å². The predicted octanol–water partition coefficient (Wildman–Crippen LogP) is 6.51. The quantitative estimate of drug-likeness (QED) is 0.488. The molecule has 0 spiro atoms. The van der Waals surface area contributed by atoms with Crippen LogP contribution in [0.4, 0.5) is 11.4 Å². The first kappa shape index (κ1) is 23.8. The van der Waals surface area contributed by atoms with Crippen LogP contribution in [0, 0.1) is 12.0 Å². The van der Waals surface area contributed by atoms with Crippen LogP contribution in [0.15, 0.2) is 36.5 Å². The van der Waals surface area contributed by atoms with Gasteiger partial charge in [-0.15, -0.1) is 0 Å².